The molecule has 23 heavy (non-hydrogen) atoms. The number of carbonyl (C=O) groups excluding carboxylic acids is 3. The van der Waals surface area contributed by atoms with Gasteiger partial charge >= 0.3 is 5.97 Å². The Balaban J connectivity index is 1.75. The third kappa shape index (κ3) is 4.73. The molecule has 0 radical (unpaired) electrons. The molecule has 8 heteroatoms. The maximum absolute atomic E-state index is 11.9. The Kier molecular flexibility index (Phi) is 5.56. The quantitative estimate of drug-likeness (QED) is 0.463. The predicted octanol–water partition coefficient (Wildman–Crippen LogP) is 0.0931. The molecule has 0 bridgehead atoms. The highest BCUT2D eigenvalue weighted by molar-refractivity contribution is 5.88. The summed E-state index contributed by atoms with van der Waals surface area (Å²) in [5.41, 5.74) is 4.31. The lowest BCUT2D eigenvalue weighted by atomic mass is 10.2. The summed E-state index contributed by atoms with van der Waals surface area (Å²) in [5, 5.41) is 0. The maximum atomic E-state index is 11.9. The molecule has 0 aromatic heterocycles. The number of hydrazine groups is 1. The second-order valence-electron chi connectivity index (χ2n) is 4.51. The van der Waals surface area contributed by atoms with Crippen molar-refractivity contribution in [3.8, 4) is 11.5 Å². The zero-order valence-electron chi connectivity index (χ0n) is 12.4. The highest BCUT2D eigenvalue weighted by atomic mass is 16.6. The summed E-state index contributed by atoms with van der Waals surface area (Å²) in [6.45, 7) is 1.16. The van der Waals surface area contributed by atoms with E-state index in [0.29, 0.717) is 11.5 Å². The fourth-order valence-corrected chi connectivity index (χ4v) is 1.72. The van der Waals surface area contributed by atoms with E-state index in [9.17, 15) is 14.4 Å². The SMILES string of the molecule is C/C=C/C(=O)OCC(=O)NNC(=O)[C@@H]1COc2ccccc2O1. The molecule has 1 aliphatic rings. The van der Waals surface area contributed by atoms with Crippen LogP contribution in [0.2, 0.25) is 0 Å². The van der Waals surface area contributed by atoms with Crippen LogP contribution in [0.1, 0.15) is 6.92 Å². The molecular weight excluding hydrogens is 304 g/mol. The Morgan fingerprint density at radius 1 is 1.26 bits per heavy atom. The first-order valence-corrected chi connectivity index (χ1v) is 6.86. The zero-order valence-corrected chi connectivity index (χ0v) is 12.4. The highest BCUT2D eigenvalue weighted by Crippen LogP contribution is 2.30. The van der Waals surface area contributed by atoms with Crippen LogP contribution < -0.4 is 20.3 Å². The van der Waals surface area contributed by atoms with Crippen LogP contribution in [-0.4, -0.2) is 37.1 Å². The molecular formula is C15H16N2O6. The van der Waals surface area contributed by atoms with Crippen LogP contribution in [0.25, 0.3) is 0 Å². The molecule has 0 aliphatic carbocycles. The van der Waals surface area contributed by atoms with Crippen LogP contribution in [0, 0.1) is 0 Å². The number of fused-ring (bicyclic) bond motifs is 1. The lowest BCUT2D eigenvalue weighted by Crippen LogP contribution is -2.51. The Labute approximate surface area is 132 Å². The lowest BCUT2D eigenvalue weighted by Gasteiger charge is -2.25. The minimum atomic E-state index is -0.893. The van der Waals surface area contributed by atoms with Gasteiger partial charge < -0.3 is 14.2 Å². The summed E-state index contributed by atoms with van der Waals surface area (Å²) < 4.78 is 15.5. The van der Waals surface area contributed by atoms with Crippen molar-refractivity contribution in [1.82, 2.24) is 10.9 Å². The number of esters is 1. The molecule has 0 spiro atoms. The second kappa shape index (κ2) is 7.83. The number of nitrogens with one attached hydrogen (secondary N) is 2. The number of ether oxygens (including phenoxy) is 3. The first-order chi connectivity index (χ1) is 11.1. The van der Waals surface area contributed by atoms with E-state index < -0.39 is 30.5 Å². The van der Waals surface area contributed by atoms with Crippen molar-refractivity contribution in [1.29, 1.82) is 0 Å². The molecule has 1 atom stereocenters. The van der Waals surface area contributed by atoms with Gasteiger partial charge in [-0.25, -0.2) is 4.79 Å². The van der Waals surface area contributed by atoms with Crippen molar-refractivity contribution in [2.75, 3.05) is 13.2 Å². The molecule has 0 saturated heterocycles. The van der Waals surface area contributed by atoms with Crippen molar-refractivity contribution in [3.05, 3.63) is 36.4 Å². The van der Waals surface area contributed by atoms with Gasteiger partial charge in [0.2, 0.25) is 6.10 Å². The van der Waals surface area contributed by atoms with Crippen molar-refractivity contribution in [2.24, 2.45) is 0 Å². The van der Waals surface area contributed by atoms with Crippen molar-refractivity contribution >= 4 is 17.8 Å². The van der Waals surface area contributed by atoms with Gasteiger partial charge in [-0.1, -0.05) is 18.2 Å². The van der Waals surface area contributed by atoms with Crippen LogP contribution in [0.15, 0.2) is 36.4 Å². The van der Waals surface area contributed by atoms with E-state index in [2.05, 4.69) is 15.6 Å². The Hall–Kier alpha value is -3.03. The van der Waals surface area contributed by atoms with E-state index in [-0.39, 0.29) is 6.61 Å². The summed E-state index contributed by atoms with van der Waals surface area (Å²) in [7, 11) is 0. The van der Waals surface area contributed by atoms with Gasteiger partial charge in [0.25, 0.3) is 11.8 Å². The van der Waals surface area contributed by atoms with Gasteiger partial charge in [0.1, 0.15) is 6.61 Å². The van der Waals surface area contributed by atoms with Gasteiger partial charge in [-0.05, 0) is 19.1 Å². The molecule has 8 nitrogen and oxygen atoms in total. The normalized spacial score (nSPS) is 15.8. The molecule has 2 N–H and O–H groups in total. The standard InChI is InChI=1S/C15H16N2O6/c1-2-5-14(19)22-9-13(18)16-17-15(20)12-8-21-10-6-3-4-7-11(10)23-12/h2-7,12H,8-9H2,1H3,(H,16,18)(H,17,20)/b5-2+/t12-/m0/s1. The van der Waals surface area contributed by atoms with Gasteiger partial charge in [-0.2, -0.15) is 0 Å². The summed E-state index contributed by atoms with van der Waals surface area (Å²) >= 11 is 0. The third-order valence-electron chi connectivity index (χ3n) is 2.77. The molecule has 0 saturated carbocycles. The minimum Gasteiger partial charge on any atom is -0.485 e. The topological polar surface area (TPSA) is 103 Å². The molecule has 1 heterocycles. The Bertz CT molecular complexity index is 628. The Morgan fingerprint density at radius 2 is 2.00 bits per heavy atom. The zero-order chi connectivity index (χ0) is 16.7. The van der Waals surface area contributed by atoms with Gasteiger partial charge in [-0.15, -0.1) is 0 Å². The van der Waals surface area contributed by atoms with Gasteiger partial charge in [0.05, 0.1) is 0 Å². The van der Waals surface area contributed by atoms with Crippen molar-refractivity contribution in [2.45, 2.75) is 13.0 Å². The number of allylic oxidation sites excluding steroid dienone is 1. The van der Waals surface area contributed by atoms with Gasteiger partial charge in [0.15, 0.2) is 18.1 Å². The number of amides is 2. The summed E-state index contributed by atoms with van der Waals surface area (Å²) in [5.74, 6) is -0.891. The lowest BCUT2D eigenvalue weighted by molar-refractivity contribution is -0.145. The van der Waals surface area contributed by atoms with Gasteiger partial charge in [-0.3, -0.25) is 20.4 Å². The molecule has 2 amide bonds. The number of hydrogen-bond donors (Lipinski definition) is 2. The number of para-hydroxylation sites is 2. The first-order valence-electron chi connectivity index (χ1n) is 6.86. The van der Waals surface area contributed by atoms with E-state index in [1.165, 1.54) is 12.2 Å². The van der Waals surface area contributed by atoms with Crippen LogP contribution in [-0.2, 0) is 19.1 Å². The average Bonchev–Trinajstić information content (AvgIpc) is 2.57. The highest BCUT2D eigenvalue weighted by Gasteiger charge is 2.27. The van der Waals surface area contributed by atoms with E-state index in [0.717, 1.165) is 0 Å². The molecule has 122 valence electrons. The number of benzene rings is 1. The van der Waals surface area contributed by atoms with Crippen molar-refractivity contribution < 1.29 is 28.6 Å². The number of hydrogen-bond acceptors (Lipinski definition) is 6. The van der Waals surface area contributed by atoms with Crippen LogP contribution in [0.5, 0.6) is 11.5 Å². The van der Waals surface area contributed by atoms with Gasteiger partial charge in [0, 0.05) is 6.08 Å². The molecule has 0 fully saturated rings. The number of rotatable bonds is 4. The fraction of sp³-hybridized carbons (Fsp3) is 0.267. The first kappa shape index (κ1) is 16.3. The fourth-order valence-electron chi connectivity index (χ4n) is 1.72. The second-order valence-corrected chi connectivity index (χ2v) is 4.51. The summed E-state index contributed by atoms with van der Waals surface area (Å²) in [6.07, 6.45) is 1.77. The maximum Gasteiger partial charge on any atom is 0.330 e. The summed E-state index contributed by atoms with van der Waals surface area (Å²) in [6, 6.07) is 6.94. The average molecular weight is 320 g/mol. The van der Waals surface area contributed by atoms with E-state index in [1.54, 1.807) is 31.2 Å². The van der Waals surface area contributed by atoms with E-state index >= 15 is 0 Å². The van der Waals surface area contributed by atoms with Crippen LogP contribution >= 0.6 is 0 Å². The van der Waals surface area contributed by atoms with E-state index in [1.807, 2.05) is 0 Å². The monoisotopic (exact) mass is 320 g/mol. The Morgan fingerprint density at radius 3 is 2.74 bits per heavy atom. The van der Waals surface area contributed by atoms with Crippen LogP contribution in [0.4, 0.5) is 0 Å². The minimum absolute atomic E-state index is 0.0228. The molecule has 0 unspecified atom stereocenters. The third-order valence-corrected chi connectivity index (χ3v) is 2.77. The molecule has 1 aromatic carbocycles. The van der Waals surface area contributed by atoms with Crippen molar-refractivity contribution in [3.63, 3.8) is 0 Å². The predicted molar refractivity (Wildman–Crippen MR) is 78.4 cm³/mol. The number of carbonyl (C=O) groups is 3. The molecule has 1 aliphatic heterocycles. The van der Waals surface area contributed by atoms with Crippen LogP contribution in [0.3, 0.4) is 0 Å². The molecule has 2 rings (SSSR count). The largest absolute Gasteiger partial charge is 0.485 e. The summed E-state index contributed by atoms with van der Waals surface area (Å²) in [4.78, 5) is 34.4. The van der Waals surface area contributed by atoms with E-state index in [4.69, 9.17) is 9.47 Å². The molecule has 1 aromatic rings. The smallest absolute Gasteiger partial charge is 0.330 e.